The van der Waals surface area contributed by atoms with Gasteiger partial charge in [0.05, 0.1) is 18.7 Å². The van der Waals surface area contributed by atoms with E-state index in [1.54, 1.807) is 6.92 Å². The lowest BCUT2D eigenvalue weighted by molar-refractivity contribution is -0.158. The molecule has 4 amide bonds. The number of imide groups is 1. The molecule has 2 rings (SSSR count). The minimum absolute atomic E-state index is 0.261. The van der Waals surface area contributed by atoms with E-state index in [1.807, 2.05) is 13.8 Å². The van der Waals surface area contributed by atoms with Gasteiger partial charge in [-0.1, -0.05) is 20.3 Å². The normalized spacial score (nSPS) is 27.6. The lowest BCUT2D eigenvalue weighted by atomic mass is 9.89. The van der Waals surface area contributed by atoms with Crippen LogP contribution in [-0.2, 0) is 9.59 Å². The summed E-state index contributed by atoms with van der Waals surface area (Å²) in [6.07, 6.45) is 1.97. The Morgan fingerprint density at radius 1 is 1.33 bits per heavy atom. The fraction of sp³-hybridized carbons (Fsp3) is 0.786. The summed E-state index contributed by atoms with van der Waals surface area (Å²) in [5.74, 6) is -0.674. The number of β-amino-alcohol motifs (C(OH)–C–C–N with tert-alkyl or cyclic N) is 1. The highest BCUT2D eigenvalue weighted by atomic mass is 16.3. The Labute approximate surface area is 124 Å². The number of likely N-dealkylation sites (tertiary alicyclic amines) is 1. The van der Waals surface area contributed by atoms with Crippen molar-refractivity contribution < 1.29 is 19.5 Å². The highest BCUT2D eigenvalue weighted by molar-refractivity contribution is 6.08. The molecule has 0 aromatic carbocycles. The molecule has 0 aromatic rings. The second-order valence-electron chi connectivity index (χ2n) is 6.23. The molecule has 0 aromatic heterocycles. The molecule has 2 fully saturated rings. The number of urea groups is 1. The Hall–Kier alpha value is -1.63. The van der Waals surface area contributed by atoms with Crippen molar-refractivity contribution in [3.63, 3.8) is 0 Å². The highest BCUT2D eigenvalue weighted by Gasteiger charge is 2.49. The molecule has 2 heterocycles. The standard InChI is InChI=1S/C14H23N3O4/c1-4-6-14(21)8-16(9-14)10(18)7-17-11(19)13(3,5-2)15-12(17)20/h21H,4-9H2,1-3H3,(H,15,20). The van der Waals surface area contributed by atoms with Crippen LogP contribution in [0.1, 0.15) is 40.0 Å². The lowest BCUT2D eigenvalue weighted by Gasteiger charge is -2.46. The second kappa shape index (κ2) is 5.29. The first-order chi connectivity index (χ1) is 9.74. The van der Waals surface area contributed by atoms with E-state index in [0.29, 0.717) is 12.8 Å². The third kappa shape index (κ3) is 2.74. The van der Waals surface area contributed by atoms with Gasteiger partial charge in [-0.2, -0.15) is 0 Å². The number of amides is 4. The molecular weight excluding hydrogens is 274 g/mol. The van der Waals surface area contributed by atoms with Crippen molar-refractivity contribution >= 4 is 17.8 Å². The average molecular weight is 297 g/mol. The van der Waals surface area contributed by atoms with E-state index in [0.717, 1.165) is 11.3 Å². The van der Waals surface area contributed by atoms with E-state index in [9.17, 15) is 19.5 Å². The number of hydrogen-bond donors (Lipinski definition) is 2. The van der Waals surface area contributed by atoms with Crippen molar-refractivity contribution in [2.45, 2.75) is 51.2 Å². The van der Waals surface area contributed by atoms with Gasteiger partial charge in [0.2, 0.25) is 5.91 Å². The van der Waals surface area contributed by atoms with Crippen LogP contribution in [0.4, 0.5) is 4.79 Å². The van der Waals surface area contributed by atoms with Crippen LogP contribution in [-0.4, -0.2) is 63.5 Å². The maximum absolute atomic E-state index is 12.2. The molecule has 7 heteroatoms. The summed E-state index contributed by atoms with van der Waals surface area (Å²) in [6, 6.07) is -0.526. The molecule has 2 N–H and O–H groups in total. The van der Waals surface area contributed by atoms with Gasteiger partial charge in [-0.3, -0.25) is 14.5 Å². The lowest BCUT2D eigenvalue weighted by Crippen LogP contribution is -2.64. The van der Waals surface area contributed by atoms with Gasteiger partial charge >= 0.3 is 6.03 Å². The third-order valence-corrected chi connectivity index (χ3v) is 4.38. The minimum atomic E-state index is -0.921. The van der Waals surface area contributed by atoms with Gasteiger partial charge in [-0.05, 0) is 19.8 Å². The van der Waals surface area contributed by atoms with Crippen LogP contribution in [0.3, 0.4) is 0 Å². The van der Waals surface area contributed by atoms with E-state index >= 15 is 0 Å². The fourth-order valence-corrected chi connectivity index (χ4v) is 2.83. The summed E-state index contributed by atoms with van der Waals surface area (Å²) in [4.78, 5) is 38.6. The zero-order chi connectivity index (χ0) is 15.8. The largest absolute Gasteiger partial charge is 0.386 e. The first-order valence-electron chi connectivity index (χ1n) is 7.39. The minimum Gasteiger partial charge on any atom is -0.386 e. The summed E-state index contributed by atoms with van der Waals surface area (Å²) in [5, 5.41) is 12.7. The molecule has 118 valence electrons. The molecule has 0 radical (unpaired) electrons. The molecule has 0 saturated carbocycles. The summed E-state index contributed by atoms with van der Waals surface area (Å²) < 4.78 is 0. The fourth-order valence-electron chi connectivity index (χ4n) is 2.83. The van der Waals surface area contributed by atoms with Gasteiger partial charge in [0.1, 0.15) is 12.1 Å². The molecule has 1 atom stereocenters. The Bertz CT molecular complexity index is 473. The van der Waals surface area contributed by atoms with Gasteiger partial charge in [-0.15, -0.1) is 0 Å². The number of nitrogens with zero attached hydrogens (tertiary/aromatic N) is 2. The van der Waals surface area contributed by atoms with Crippen molar-refractivity contribution in [1.29, 1.82) is 0 Å². The first-order valence-corrected chi connectivity index (χ1v) is 7.39. The van der Waals surface area contributed by atoms with Crippen LogP contribution in [0.15, 0.2) is 0 Å². The Balaban J connectivity index is 1.93. The smallest absolute Gasteiger partial charge is 0.325 e. The van der Waals surface area contributed by atoms with Gasteiger partial charge in [0.25, 0.3) is 5.91 Å². The quantitative estimate of drug-likeness (QED) is 0.703. The molecule has 1 unspecified atom stereocenters. The van der Waals surface area contributed by atoms with Gasteiger partial charge in [0.15, 0.2) is 0 Å². The van der Waals surface area contributed by atoms with Crippen molar-refractivity contribution in [2.75, 3.05) is 19.6 Å². The Kier molecular flexibility index (Phi) is 3.97. The first kappa shape index (κ1) is 15.8. The van der Waals surface area contributed by atoms with Crippen LogP contribution in [0.5, 0.6) is 0 Å². The van der Waals surface area contributed by atoms with Crippen LogP contribution in [0, 0.1) is 0 Å². The number of hydrogen-bond acceptors (Lipinski definition) is 4. The third-order valence-electron chi connectivity index (χ3n) is 4.38. The molecule has 21 heavy (non-hydrogen) atoms. The molecular formula is C14H23N3O4. The van der Waals surface area contributed by atoms with Gasteiger partial charge < -0.3 is 15.3 Å². The van der Waals surface area contributed by atoms with Crippen molar-refractivity contribution in [3.8, 4) is 0 Å². The average Bonchev–Trinajstić information content (AvgIpc) is 2.60. The maximum atomic E-state index is 12.2. The van der Waals surface area contributed by atoms with E-state index in [2.05, 4.69) is 5.32 Å². The van der Waals surface area contributed by atoms with E-state index in [-0.39, 0.29) is 31.4 Å². The van der Waals surface area contributed by atoms with Crippen LogP contribution < -0.4 is 5.32 Å². The predicted molar refractivity (Wildman–Crippen MR) is 75.4 cm³/mol. The topological polar surface area (TPSA) is 89.9 Å². The number of nitrogens with one attached hydrogen (secondary N) is 1. The number of rotatable bonds is 5. The van der Waals surface area contributed by atoms with E-state index in [1.165, 1.54) is 4.90 Å². The molecule has 0 bridgehead atoms. The van der Waals surface area contributed by atoms with E-state index in [4.69, 9.17) is 0 Å². The molecule has 0 aliphatic carbocycles. The number of carbonyl (C=O) groups is 3. The Morgan fingerprint density at radius 2 is 1.95 bits per heavy atom. The zero-order valence-corrected chi connectivity index (χ0v) is 12.8. The maximum Gasteiger partial charge on any atom is 0.325 e. The summed E-state index contributed by atoms with van der Waals surface area (Å²) in [6.45, 7) is 5.72. The highest BCUT2D eigenvalue weighted by Crippen LogP contribution is 2.27. The predicted octanol–water partition coefficient (Wildman–Crippen LogP) is 0.0803. The number of aliphatic hydroxyl groups is 1. The van der Waals surface area contributed by atoms with E-state index < -0.39 is 17.2 Å². The molecule has 2 aliphatic rings. The SMILES string of the molecule is CCCC1(O)CN(C(=O)CN2C(=O)NC(C)(CC)C2=O)C1. The van der Waals surface area contributed by atoms with Crippen LogP contribution in [0.2, 0.25) is 0 Å². The zero-order valence-electron chi connectivity index (χ0n) is 12.8. The molecule has 2 aliphatic heterocycles. The van der Waals surface area contributed by atoms with Crippen molar-refractivity contribution in [3.05, 3.63) is 0 Å². The monoisotopic (exact) mass is 297 g/mol. The molecule has 7 nitrogen and oxygen atoms in total. The second-order valence-corrected chi connectivity index (χ2v) is 6.23. The summed E-state index contributed by atoms with van der Waals surface area (Å²) in [7, 11) is 0. The number of carbonyl (C=O) groups excluding carboxylic acids is 3. The molecule has 0 spiro atoms. The van der Waals surface area contributed by atoms with Crippen molar-refractivity contribution in [2.24, 2.45) is 0 Å². The van der Waals surface area contributed by atoms with Crippen LogP contribution >= 0.6 is 0 Å². The summed E-state index contributed by atoms with van der Waals surface area (Å²) >= 11 is 0. The molecule has 2 saturated heterocycles. The van der Waals surface area contributed by atoms with Crippen molar-refractivity contribution in [1.82, 2.24) is 15.1 Å². The summed E-state index contributed by atoms with van der Waals surface area (Å²) in [5.41, 5.74) is -1.73. The Morgan fingerprint density at radius 3 is 2.43 bits per heavy atom. The van der Waals surface area contributed by atoms with Gasteiger partial charge in [-0.25, -0.2) is 4.79 Å². The van der Waals surface area contributed by atoms with Crippen LogP contribution in [0.25, 0.3) is 0 Å². The van der Waals surface area contributed by atoms with Gasteiger partial charge in [0, 0.05) is 0 Å².